The summed E-state index contributed by atoms with van der Waals surface area (Å²) in [6.45, 7) is 0.306. The van der Waals surface area contributed by atoms with Crippen LogP contribution < -0.4 is 11.3 Å². The van der Waals surface area contributed by atoms with E-state index in [0.717, 1.165) is 10.2 Å². The second kappa shape index (κ2) is 4.85. The lowest BCUT2D eigenvalue weighted by molar-refractivity contribution is 0.721. The Balaban J connectivity index is 2.34. The number of anilines is 1. The van der Waals surface area contributed by atoms with Crippen molar-refractivity contribution in [1.82, 2.24) is 14.5 Å². The fourth-order valence-electron chi connectivity index (χ4n) is 1.27. The fraction of sp³-hybridized carbons (Fsp3) is 0.100. The zero-order valence-electron chi connectivity index (χ0n) is 8.60. The van der Waals surface area contributed by atoms with E-state index in [4.69, 9.17) is 17.3 Å². The van der Waals surface area contributed by atoms with Crippen molar-refractivity contribution in [3.05, 3.63) is 50.3 Å². The summed E-state index contributed by atoms with van der Waals surface area (Å²) in [5.41, 5.74) is 5.82. The van der Waals surface area contributed by atoms with E-state index in [1.807, 2.05) is 6.07 Å². The Hall–Kier alpha value is -1.40. The van der Waals surface area contributed by atoms with E-state index < -0.39 is 0 Å². The monoisotopic (exact) mass is 314 g/mol. The van der Waals surface area contributed by atoms with Crippen LogP contribution in [-0.2, 0) is 6.54 Å². The summed E-state index contributed by atoms with van der Waals surface area (Å²) in [5.74, 6) is 0. The molecule has 0 aliphatic carbocycles. The maximum absolute atomic E-state index is 11.7. The van der Waals surface area contributed by atoms with E-state index in [-0.39, 0.29) is 16.4 Å². The van der Waals surface area contributed by atoms with E-state index in [9.17, 15) is 4.79 Å². The van der Waals surface area contributed by atoms with Gasteiger partial charge in [-0.3, -0.25) is 14.3 Å². The van der Waals surface area contributed by atoms with Crippen molar-refractivity contribution in [1.29, 1.82) is 0 Å². The van der Waals surface area contributed by atoms with Crippen molar-refractivity contribution in [2.75, 3.05) is 5.73 Å². The van der Waals surface area contributed by atoms with Gasteiger partial charge in [0.25, 0.3) is 5.56 Å². The predicted molar refractivity (Wildman–Crippen MR) is 69.0 cm³/mol. The lowest BCUT2D eigenvalue weighted by atomic mass is 10.3. The largest absolute Gasteiger partial charge is 0.392 e. The molecule has 0 fully saturated rings. The molecule has 88 valence electrons. The molecule has 2 aromatic rings. The third-order valence-corrected chi connectivity index (χ3v) is 2.92. The second-order valence-corrected chi connectivity index (χ2v) is 4.62. The molecule has 2 N–H and O–H groups in total. The van der Waals surface area contributed by atoms with Crippen LogP contribution in [0.1, 0.15) is 5.69 Å². The fourth-order valence-corrected chi connectivity index (χ4v) is 1.63. The summed E-state index contributed by atoms with van der Waals surface area (Å²) < 4.78 is 2.24. The van der Waals surface area contributed by atoms with Crippen LogP contribution in [0.25, 0.3) is 0 Å². The summed E-state index contributed by atoms with van der Waals surface area (Å²) >= 11 is 8.92. The molecule has 0 radical (unpaired) electrons. The van der Waals surface area contributed by atoms with Gasteiger partial charge < -0.3 is 5.73 Å². The maximum atomic E-state index is 11.7. The summed E-state index contributed by atoms with van der Waals surface area (Å²) in [4.78, 5) is 19.7. The molecule has 0 spiro atoms. The normalized spacial score (nSPS) is 10.5. The Labute approximate surface area is 110 Å². The molecule has 0 aromatic carbocycles. The Bertz CT molecular complexity index is 596. The zero-order chi connectivity index (χ0) is 12.4. The maximum Gasteiger partial charge on any atom is 0.278 e. The van der Waals surface area contributed by atoms with Gasteiger partial charge in [0, 0.05) is 10.7 Å². The van der Waals surface area contributed by atoms with Crippen molar-refractivity contribution >= 4 is 33.2 Å². The van der Waals surface area contributed by atoms with Crippen LogP contribution in [0.4, 0.5) is 5.69 Å². The minimum Gasteiger partial charge on any atom is -0.392 e. The summed E-state index contributed by atoms with van der Waals surface area (Å²) in [6.07, 6.45) is 3.01. The first kappa shape index (κ1) is 12.1. The summed E-state index contributed by atoms with van der Waals surface area (Å²) in [7, 11) is 0. The molecule has 2 aromatic heterocycles. The van der Waals surface area contributed by atoms with E-state index in [0.29, 0.717) is 6.54 Å². The Kier molecular flexibility index (Phi) is 3.44. The van der Waals surface area contributed by atoms with Crippen LogP contribution >= 0.6 is 27.5 Å². The van der Waals surface area contributed by atoms with Gasteiger partial charge in [-0.2, -0.15) is 0 Å². The minimum absolute atomic E-state index is 0.0232. The van der Waals surface area contributed by atoms with Crippen molar-refractivity contribution in [3.8, 4) is 0 Å². The van der Waals surface area contributed by atoms with Gasteiger partial charge >= 0.3 is 0 Å². The van der Waals surface area contributed by atoms with Crippen LogP contribution in [0.5, 0.6) is 0 Å². The lowest BCUT2D eigenvalue weighted by Gasteiger charge is -2.06. The molecule has 2 rings (SSSR count). The van der Waals surface area contributed by atoms with Gasteiger partial charge in [-0.15, -0.1) is 0 Å². The SMILES string of the molecule is Nc1c(Cl)ncn(Cc2ccc(Br)cn2)c1=O. The summed E-state index contributed by atoms with van der Waals surface area (Å²) in [6, 6.07) is 3.65. The van der Waals surface area contributed by atoms with Crippen molar-refractivity contribution in [2.45, 2.75) is 6.54 Å². The van der Waals surface area contributed by atoms with Crippen LogP contribution in [-0.4, -0.2) is 14.5 Å². The highest BCUT2D eigenvalue weighted by Gasteiger charge is 2.06. The molecule has 0 atom stereocenters. The third kappa shape index (κ3) is 2.65. The van der Waals surface area contributed by atoms with Gasteiger partial charge in [0.05, 0.1) is 18.6 Å². The molecule has 0 saturated carbocycles. The van der Waals surface area contributed by atoms with Gasteiger partial charge in [-0.05, 0) is 28.1 Å². The summed E-state index contributed by atoms with van der Waals surface area (Å²) in [5, 5.41) is 0.0232. The lowest BCUT2D eigenvalue weighted by Crippen LogP contribution is -2.24. The molecule has 0 amide bonds. The van der Waals surface area contributed by atoms with Gasteiger partial charge in [-0.1, -0.05) is 11.6 Å². The number of hydrogen-bond acceptors (Lipinski definition) is 4. The number of halogens is 2. The first-order valence-corrected chi connectivity index (χ1v) is 5.86. The Morgan fingerprint density at radius 1 is 1.41 bits per heavy atom. The van der Waals surface area contributed by atoms with Crippen molar-refractivity contribution in [3.63, 3.8) is 0 Å². The predicted octanol–water partition coefficient (Wildman–Crippen LogP) is 1.68. The molecule has 0 saturated heterocycles. The van der Waals surface area contributed by atoms with Gasteiger partial charge in [0.2, 0.25) is 0 Å². The highest BCUT2D eigenvalue weighted by molar-refractivity contribution is 9.10. The van der Waals surface area contributed by atoms with Crippen LogP contribution in [0, 0.1) is 0 Å². The van der Waals surface area contributed by atoms with Crippen molar-refractivity contribution < 1.29 is 0 Å². The van der Waals surface area contributed by atoms with Crippen LogP contribution in [0.3, 0.4) is 0 Å². The second-order valence-electron chi connectivity index (χ2n) is 3.35. The average molecular weight is 316 g/mol. The van der Waals surface area contributed by atoms with Gasteiger partial charge in [0.1, 0.15) is 5.69 Å². The van der Waals surface area contributed by atoms with E-state index >= 15 is 0 Å². The average Bonchev–Trinajstić information content (AvgIpc) is 2.33. The van der Waals surface area contributed by atoms with Crippen LogP contribution in [0.2, 0.25) is 5.15 Å². The topological polar surface area (TPSA) is 73.8 Å². The molecule has 2 heterocycles. The number of hydrogen-bond donors (Lipinski definition) is 1. The standard InChI is InChI=1S/C10H8BrClN4O/c11-6-1-2-7(14-3-6)4-16-5-15-9(12)8(13)10(16)17/h1-3,5H,4,13H2. The number of rotatable bonds is 2. The Morgan fingerprint density at radius 2 is 2.18 bits per heavy atom. The van der Waals surface area contributed by atoms with E-state index in [1.54, 1.807) is 12.3 Å². The van der Waals surface area contributed by atoms with Gasteiger partial charge in [0.15, 0.2) is 5.15 Å². The van der Waals surface area contributed by atoms with Crippen molar-refractivity contribution in [2.24, 2.45) is 0 Å². The number of nitrogens with two attached hydrogens (primary N) is 1. The number of pyridine rings is 1. The molecule has 0 unspecified atom stereocenters. The number of nitrogen functional groups attached to an aromatic ring is 1. The zero-order valence-corrected chi connectivity index (χ0v) is 10.9. The Morgan fingerprint density at radius 3 is 2.82 bits per heavy atom. The first-order chi connectivity index (χ1) is 8.08. The quantitative estimate of drug-likeness (QED) is 0.856. The number of aromatic nitrogens is 3. The third-order valence-electron chi connectivity index (χ3n) is 2.14. The van der Waals surface area contributed by atoms with E-state index in [2.05, 4.69) is 25.9 Å². The highest BCUT2D eigenvalue weighted by atomic mass is 79.9. The molecular formula is C10H8BrClN4O. The molecule has 0 aliphatic rings. The molecule has 0 bridgehead atoms. The molecular weight excluding hydrogens is 307 g/mol. The number of nitrogens with zero attached hydrogens (tertiary/aromatic N) is 3. The smallest absolute Gasteiger partial charge is 0.278 e. The highest BCUT2D eigenvalue weighted by Crippen LogP contribution is 2.10. The molecule has 17 heavy (non-hydrogen) atoms. The van der Waals surface area contributed by atoms with Gasteiger partial charge in [-0.25, -0.2) is 4.98 Å². The minimum atomic E-state index is -0.366. The first-order valence-electron chi connectivity index (χ1n) is 4.69. The van der Waals surface area contributed by atoms with E-state index in [1.165, 1.54) is 10.9 Å². The van der Waals surface area contributed by atoms with Crippen LogP contribution in [0.15, 0.2) is 33.9 Å². The molecule has 7 heteroatoms. The molecule has 0 aliphatic heterocycles. The molecule has 5 nitrogen and oxygen atoms in total.